The summed E-state index contributed by atoms with van der Waals surface area (Å²) in [6.07, 6.45) is 0. The zero-order valence-electron chi connectivity index (χ0n) is 17.2. The first-order chi connectivity index (χ1) is 14.3. The molecule has 3 aromatic rings. The fourth-order valence-corrected chi connectivity index (χ4v) is 5.36. The summed E-state index contributed by atoms with van der Waals surface area (Å²) in [6.45, 7) is 6.33. The predicted octanol–water partition coefficient (Wildman–Crippen LogP) is 3.40. The molecule has 0 radical (unpaired) electrons. The molecule has 0 saturated carbocycles. The molecule has 1 amide bonds. The van der Waals surface area contributed by atoms with Crippen LogP contribution in [0.2, 0.25) is 0 Å². The first-order valence-corrected chi connectivity index (χ1v) is 11.7. The van der Waals surface area contributed by atoms with Crippen LogP contribution in [0.15, 0.2) is 41.3 Å². The molecule has 0 aliphatic heterocycles. The minimum Gasteiger partial charge on any atom is -0.494 e. The van der Waals surface area contributed by atoms with Gasteiger partial charge in [0, 0.05) is 18.7 Å². The summed E-state index contributed by atoms with van der Waals surface area (Å²) < 4.78 is 32.8. The summed E-state index contributed by atoms with van der Waals surface area (Å²) in [4.78, 5) is 17.1. The van der Waals surface area contributed by atoms with Gasteiger partial charge in [-0.15, -0.1) is 0 Å². The van der Waals surface area contributed by atoms with Crippen molar-refractivity contribution in [3.63, 3.8) is 0 Å². The molecular formula is C20H24N4O4S2. The van der Waals surface area contributed by atoms with Crippen molar-refractivity contribution in [3.05, 3.63) is 47.5 Å². The van der Waals surface area contributed by atoms with Crippen LogP contribution in [0, 0.1) is 6.92 Å². The van der Waals surface area contributed by atoms with Gasteiger partial charge in [-0.3, -0.25) is 15.6 Å². The van der Waals surface area contributed by atoms with Crippen LogP contribution in [0.3, 0.4) is 0 Å². The number of sulfonamides is 1. The summed E-state index contributed by atoms with van der Waals surface area (Å²) in [5.74, 6) is 0.265. The number of carbonyl (C=O) groups is 1. The molecule has 0 aliphatic carbocycles. The molecular weight excluding hydrogens is 424 g/mol. The minimum absolute atomic E-state index is 0.157. The largest absolute Gasteiger partial charge is 0.494 e. The molecule has 0 saturated heterocycles. The molecule has 0 atom stereocenters. The summed E-state index contributed by atoms with van der Waals surface area (Å²) in [7, 11) is -1.97. The van der Waals surface area contributed by atoms with Gasteiger partial charge in [0.15, 0.2) is 0 Å². The Morgan fingerprint density at radius 2 is 1.80 bits per heavy atom. The van der Waals surface area contributed by atoms with Gasteiger partial charge < -0.3 is 4.74 Å². The second-order valence-corrected chi connectivity index (χ2v) is 9.41. The molecule has 2 N–H and O–H groups in total. The van der Waals surface area contributed by atoms with Crippen molar-refractivity contribution in [2.75, 3.05) is 25.6 Å². The third-order valence-corrected chi connectivity index (χ3v) is 7.84. The molecule has 0 bridgehead atoms. The number of ether oxygens (including phenoxy) is 1. The quantitative estimate of drug-likeness (QED) is 0.512. The maximum atomic E-state index is 12.5. The van der Waals surface area contributed by atoms with Gasteiger partial charge in [-0.25, -0.2) is 13.4 Å². The van der Waals surface area contributed by atoms with Crippen molar-refractivity contribution in [2.24, 2.45) is 0 Å². The number of methoxy groups -OCH3 is 1. The van der Waals surface area contributed by atoms with Crippen LogP contribution in [0.4, 0.5) is 5.13 Å². The Hall–Kier alpha value is -2.69. The Labute approximate surface area is 179 Å². The molecule has 3 rings (SSSR count). The molecule has 160 valence electrons. The zero-order valence-corrected chi connectivity index (χ0v) is 18.9. The van der Waals surface area contributed by atoms with Crippen LogP contribution in [0.25, 0.3) is 10.2 Å². The number of aryl methyl sites for hydroxylation is 1. The molecule has 0 unspecified atom stereocenters. The maximum Gasteiger partial charge on any atom is 0.269 e. The first kappa shape index (κ1) is 22.0. The molecule has 30 heavy (non-hydrogen) atoms. The van der Waals surface area contributed by atoms with E-state index in [1.54, 1.807) is 21.0 Å². The van der Waals surface area contributed by atoms with Gasteiger partial charge in [0.1, 0.15) is 11.3 Å². The fourth-order valence-electron chi connectivity index (χ4n) is 3.00. The minimum atomic E-state index is -3.56. The number of anilines is 1. The van der Waals surface area contributed by atoms with Crippen LogP contribution >= 0.6 is 11.3 Å². The number of fused-ring (bicyclic) bond motifs is 1. The van der Waals surface area contributed by atoms with Crippen LogP contribution in [0.5, 0.6) is 5.75 Å². The number of hydrazine groups is 1. The van der Waals surface area contributed by atoms with Gasteiger partial charge >= 0.3 is 0 Å². The topological polar surface area (TPSA) is 101 Å². The van der Waals surface area contributed by atoms with E-state index < -0.39 is 15.9 Å². The average Bonchev–Trinajstić information content (AvgIpc) is 3.18. The van der Waals surface area contributed by atoms with Gasteiger partial charge in [-0.2, -0.15) is 4.31 Å². The van der Waals surface area contributed by atoms with Crippen molar-refractivity contribution in [1.82, 2.24) is 14.7 Å². The van der Waals surface area contributed by atoms with Crippen LogP contribution in [0.1, 0.15) is 29.8 Å². The molecule has 2 aromatic carbocycles. The number of hydrogen-bond donors (Lipinski definition) is 2. The van der Waals surface area contributed by atoms with E-state index in [0.29, 0.717) is 29.5 Å². The van der Waals surface area contributed by atoms with E-state index >= 15 is 0 Å². The SMILES string of the molecule is CCN(CC)S(=O)(=O)c1ccc(C(=O)NNc2nc3c(OC)ccc(C)c3s2)cc1. The van der Waals surface area contributed by atoms with Crippen molar-refractivity contribution in [2.45, 2.75) is 25.7 Å². The van der Waals surface area contributed by atoms with Crippen molar-refractivity contribution >= 4 is 42.6 Å². The standard InChI is InChI=1S/C20H24N4O4S2/c1-5-24(6-2)30(26,27)15-10-8-14(9-11-15)19(25)22-23-20-21-17-16(28-4)12-7-13(3)18(17)29-20/h7-12H,5-6H2,1-4H3,(H,21,23)(H,22,25). The molecule has 1 aromatic heterocycles. The zero-order chi connectivity index (χ0) is 21.9. The molecule has 0 spiro atoms. The Morgan fingerprint density at radius 3 is 2.40 bits per heavy atom. The van der Waals surface area contributed by atoms with Gasteiger partial charge in [0.05, 0.1) is 16.7 Å². The number of thiazole rings is 1. The third kappa shape index (κ3) is 4.25. The number of nitrogens with one attached hydrogen (secondary N) is 2. The number of hydrogen-bond acceptors (Lipinski definition) is 7. The lowest BCUT2D eigenvalue weighted by Gasteiger charge is -2.18. The second kappa shape index (κ2) is 8.99. The highest BCUT2D eigenvalue weighted by Gasteiger charge is 2.21. The van der Waals surface area contributed by atoms with Crippen molar-refractivity contribution in [3.8, 4) is 5.75 Å². The highest BCUT2D eigenvalue weighted by atomic mass is 32.2. The van der Waals surface area contributed by atoms with Crippen molar-refractivity contribution < 1.29 is 17.9 Å². The Balaban J connectivity index is 1.73. The maximum absolute atomic E-state index is 12.5. The lowest BCUT2D eigenvalue weighted by Crippen LogP contribution is -2.31. The molecule has 8 nitrogen and oxygen atoms in total. The number of amides is 1. The van der Waals surface area contributed by atoms with E-state index in [1.807, 2.05) is 19.1 Å². The Bertz CT molecular complexity index is 1150. The highest BCUT2D eigenvalue weighted by molar-refractivity contribution is 7.89. The summed E-state index contributed by atoms with van der Waals surface area (Å²) >= 11 is 1.40. The number of nitrogens with zero attached hydrogens (tertiary/aromatic N) is 2. The van der Waals surface area contributed by atoms with E-state index in [0.717, 1.165) is 15.8 Å². The number of carbonyl (C=O) groups excluding carboxylic acids is 1. The van der Waals surface area contributed by atoms with E-state index in [2.05, 4.69) is 15.8 Å². The second-order valence-electron chi connectivity index (χ2n) is 6.47. The molecule has 1 heterocycles. The first-order valence-electron chi connectivity index (χ1n) is 9.42. The van der Waals surface area contributed by atoms with Crippen LogP contribution in [-0.2, 0) is 10.0 Å². The summed E-state index contributed by atoms with van der Waals surface area (Å²) in [5.41, 5.74) is 7.53. The smallest absolute Gasteiger partial charge is 0.269 e. The van der Waals surface area contributed by atoms with Crippen LogP contribution < -0.4 is 15.6 Å². The summed E-state index contributed by atoms with van der Waals surface area (Å²) in [6, 6.07) is 9.66. The fraction of sp³-hybridized carbons (Fsp3) is 0.300. The molecule has 0 fully saturated rings. The molecule has 0 aliphatic rings. The van der Waals surface area contributed by atoms with Gasteiger partial charge in [0.2, 0.25) is 15.2 Å². The van der Waals surface area contributed by atoms with Crippen molar-refractivity contribution in [1.29, 1.82) is 0 Å². The van der Waals surface area contributed by atoms with E-state index in [1.165, 1.54) is 39.9 Å². The number of benzene rings is 2. The van der Waals surface area contributed by atoms with E-state index in [-0.39, 0.29) is 4.90 Å². The molecule has 10 heteroatoms. The lowest BCUT2D eigenvalue weighted by molar-refractivity contribution is 0.0962. The van der Waals surface area contributed by atoms with Gasteiger partial charge in [0.25, 0.3) is 5.91 Å². The number of aromatic nitrogens is 1. The Kier molecular flexibility index (Phi) is 6.59. The summed E-state index contributed by atoms with van der Waals surface area (Å²) in [5, 5.41) is 0.520. The number of rotatable bonds is 8. The van der Waals surface area contributed by atoms with Gasteiger partial charge in [-0.1, -0.05) is 31.3 Å². The normalized spacial score (nSPS) is 11.6. The predicted molar refractivity (Wildman–Crippen MR) is 119 cm³/mol. The lowest BCUT2D eigenvalue weighted by atomic mass is 10.2. The highest BCUT2D eigenvalue weighted by Crippen LogP contribution is 2.34. The van der Waals surface area contributed by atoms with Gasteiger partial charge in [-0.05, 0) is 42.8 Å². The van der Waals surface area contributed by atoms with E-state index in [4.69, 9.17) is 4.74 Å². The van der Waals surface area contributed by atoms with Crippen LogP contribution in [-0.4, -0.2) is 43.8 Å². The Morgan fingerprint density at radius 1 is 1.13 bits per heavy atom. The monoisotopic (exact) mass is 448 g/mol. The average molecular weight is 449 g/mol. The van der Waals surface area contributed by atoms with E-state index in [9.17, 15) is 13.2 Å². The third-order valence-electron chi connectivity index (χ3n) is 4.67.